The molecule has 0 unspecified atom stereocenters. The highest BCUT2D eigenvalue weighted by Crippen LogP contribution is 2.31. The summed E-state index contributed by atoms with van der Waals surface area (Å²) < 4.78 is 19.9. The Balaban J connectivity index is 2.63. The van der Waals surface area contributed by atoms with Gasteiger partial charge in [0.2, 0.25) is 0 Å². The van der Waals surface area contributed by atoms with Gasteiger partial charge < -0.3 is 4.42 Å². The van der Waals surface area contributed by atoms with E-state index in [1.54, 1.807) is 6.07 Å². The van der Waals surface area contributed by atoms with Gasteiger partial charge in [0, 0.05) is 9.86 Å². The van der Waals surface area contributed by atoms with Crippen LogP contribution in [0.4, 0.5) is 4.39 Å². The monoisotopic (exact) mass is 256 g/mol. The van der Waals surface area contributed by atoms with Gasteiger partial charge in [0.1, 0.15) is 11.3 Å². The molecule has 0 atom stereocenters. The van der Waals surface area contributed by atoms with Gasteiger partial charge in [-0.05, 0) is 38.1 Å². The van der Waals surface area contributed by atoms with E-state index in [0.717, 1.165) is 9.86 Å². The van der Waals surface area contributed by atoms with Crippen molar-refractivity contribution in [3.05, 3.63) is 34.5 Å². The van der Waals surface area contributed by atoms with Crippen molar-refractivity contribution >= 4 is 26.9 Å². The Kier molecular flexibility index (Phi) is 2.14. The van der Waals surface area contributed by atoms with E-state index in [0.29, 0.717) is 11.3 Å². The first-order valence-electron chi connectivity index (χ1n) is 4.35. The molecule has 0 bridgehead atoms. The van der Waals surface area contributed by atoms with Crippen LogP contribution in [0.1, 0.15) is 19.6 Å². The summed E-state index contributed by atoms with van der Waals surface area (Å²) in [4.78, 5) is 0. The lowest BCUT2D eigenvalue weighted by atomic mass is 10.1. The lowest BCUT2D eigenvalue weighted by Gasteiger charge is -2.08. The molecule has 0 aliphatic carbocycles. The molecule has 1 aromatic carbocycles. The van der Waals surface area contributed by atoms with Gasteiger partial charge >= 0.3 is 0 Å². The Morgan fingerprint density at radius 3 is 2.64 bits per heavy atom. The van der Waals surface area contributed by atoms with Gasteiger partial charge in [-0.2, -0.15) is 0 Å². The van der Waals surface area contributed by atoms with Crippen molar-refractivity contribution in [1.29, 1.82) is 0 Å². The highest BCUT2D eigenvalue weighted by Gasteiger charge is 2.23. The van der Waals surface area contributed by atoms with Crippen LogP contribution in [-0.4, -0.2) is 0 Å². The zero-order chi connectivity index (χ0) is 10.3. The number of hydrogen-bond donors (Lipinski definition) is 0. The van der Waals surface area contributed by atoms with Gasteiger partial charge in [-0.1, -0.05) is 15.9 Å². The second-order valence-corrected chi connectivity index (χ2v) is 4.68. The minimum absolute atomic E-state index is 0.366. The topological polar surface area (TPSA) is 13.1 Å². The van der Waals surface area contributed by atoms with E-state index in [1.807, 2.05) is 18.2 Å². The van der Waals surface area contributed by atoms with Gasteiger partial charge in [0.15, 0.2) is 5.67 Å². The molecule has 14 heavy (non-hydrogen) atoms. The van der Waals surface area contributed by atoms with Crippen LogP contribution in [-0.2, 0) is 5.67 Å². The molecule has 0 aliphatic rings. The Hall–Kier alpha value is -0.830. The normalized spacial score (nSPS) is 12.3. The van der Waals surface area contributed by atoms with Crippen LogP contribution in [0.3, 0.4) is 0 Å². The number of alkyl halides is 1. The van der Waals surface area contributed by atoms with Crippen LogP contribution in [0.15, 0.2) is 33.2 Å². The standard InChI is InChI=1S/C11H10BrFO/c1-11(2,13)10-5-7-3-4-8(12)6-9(7)14-10/h3-6H,1-2H3. The van der Waals surface area contributed by atoms with Crippen molar-refractivity contribution < 1.29 is 8.81 Å². The van der Waals surface area contributed by atoms with Gasteiger partial charge in [-0.25, -0.2) is 4.39 Å². The first-order valence-corrected chi connectivity index (χ1v) is 5.14. The highest BCUT2D eigenvalue weighted by molar-refractivity contribution is 9.10. The van der Waals surface area contributed by atoms with Gasteiger partial charge in [0.25, 0.3) is 0 Å². The van der Waals surface area contributed by atoms with Crippen LogP contribution in [0.25, 0.3) is 11.0 Å². The number of benzene rings is 1. The van der Waals surface area contributed by atoms with Crippen LogP contribution < -0.4 is 0 Å². The lowest BCUT2D eigenvalue weighted by molar-refractivity contribution is 0.182. The van der Waals surface area contributed by atoms with E-state index < -0.39 is 5.67 Å². The Morgan fingerprint density at radius 2 is 2.00 bits per heavy atom. The molecule has 2 rings (SSSR count). The average molecular weight is 257 g/mol. The number of fused-ring (bicyclic) bond motifs is 1. The van der Waals surface area contributed by atoms with Crippen molar-refractivity contribution in [3.8, 4) is 0 Å². The van der Waals surface area contributed by atoms with Crippen molar-refractivity contribution in [1.82, 2.24) is 0 Å². The summed E-state index contributed by atoms with van der Waals surface area (Å²) in [6.07, 6.45) is 0. The molecule has 3 heteroatoms. The maximum atomic E-state index is 13.6. The van der Waals surface area contributed by atoms with Crippen LogP contribution in [0.2, 0.25) is 0 Å². The predicted octanol–water partition coefficient (Wildman–Crippen LogP) is 4.40. The van der Waals surface area contributed by atoms with Gasteiger partial charge in [0.05, 0.1) is 0 Å². The summed E-state index contributed by atoms with van der Waals surface area (Å²) >= 11 is 3.34. The molecule has 0 radical (unpaired) electrons. The minimum atomic E-state index is -1.43. The number of hydrogen-bond acceptors (Lipinski definition) is 1. The van der Waals surface area contributed by atoms with Crippen molar-refractivity contribution in [2.45, 2.75) is 19.5 Å². The minimum Gasteiger partial charge on any atom is -0.458 e. The molecule has 0 spiro atoms. The molecule has 0 aliphatic heterocycles. The first-order chi connectivity index (χ1) is 6.47. The van der Waals surface area contributed by atoms with E-state index in [4.69, 9.17) is 4.42 Å². The largest absolute Gasteiger partial charge is 0.458 e. The molecule has 0 N–H and O–H groups in total. The Labute approximate surface area is 90.0 Å². The maximum Gasteiger partial charge on any atom is 0.162 e. The molecular weight excluding hydrogens is 247 g/mol. The van der Waals surface area contributed by atoms with Gasteiger partial charge in [-0.3, -0.25) is 0 Å². The fourth-order valence-corrected chi connectivity index (χ4v) is 1.64. The summed E-state index contributed by atoms with van der Waals surface area (Å²) in [5.41, 5.74) is -0.717. The molecule has 1 aromatic heterocycles. The number of furan rings is 1. The third-order valence-corrected chi connectivity index (χ3v) is 2.56. The van der Waals surface area contributed by atoms with Crippen LogP contribution in [0.5, 0.6) is 0 Å². The second-order valence-electron chi connectivity index (χ2n) is 3.77. The smallest absolute Gasteiger partial charge is 0.162 e. The second kappa shape index (κ2) is 3.09. The highest BCUT2D eigenvalue weighted by atomic mass is 79.9. The third kappa shape index (κ3) is 1.69. The van der Waals surface area contributed by atoms with E-state index in [-0.39, 0.29) is 0 Å². The zero-order valence-electron chi connectivity index (χ0n) is 7.97. The Bertz CT molecular complexity index is 468. The molecular formula is C11H10BrFO. The molecule has 2 aromatic rings. The van der Waals surface area contributed by atoms with E-state index in [2.05, 4.69) is 15.9 Å². The fraction of sp³-hybridized carbons (Fsp3) is 0.273. The van der Waals surface area contributed by atoms with E-state index in [1.165, 1.54) is 13.8 Å². The predicted molar refractivity (Wildman–Crippen MR) is 58.0 cm³/mol. The fourth-order valence-electron chi connectivity index (χ4n) is 1.30. The van der Waals surface area contributed by atoms with Crippen molar-refractivity contribution in [3.63, 3.8) is 0 Å². The molecule has 1 nitrogen and oxygen atoms in total. The molecule has 0 saturated carbocycles. The van der Waals surface area contributed by atoms with Crippen LogP contribution in [0, 0.1) is 0 Å². The summed E-state index contributed by atoms with van der Waals surface area (Å²) in [6.45, 7) is 2.97. The third-order valence-electron chi connectivity index (χ3n) is 2.07. The lowest BCUT2D eigenvalue weighted by Crippen LogP contribution is -2.06. The van der Waals surface area contributed by atoms with Crippen molar-refractivity contribution in [2.75, 3.05) is 0 Å². The molecule has 0 amide bonds. The molecule has 1 heterocycles. The molecule has 0 fully saturated rings. The summed E-state index contributed by atoms with van der Waals surface area (Å²) in [7, 11) is 0. The molecule has 74 valence electrons. The summed E-state index contributed by atoms with van der Waals surface area (Å²) in [6, 6.07) is 7.39. The zero-order valence-corrected chi connectivity index (χ0v) is 9.56. The van der Waals surface area contributed by atoms with Crippen LogP contribution >= 0.6 is 15.9 Å². The molecule has 0 saturated heterocycles. The summed E-state index contributed by atoms with van der Waals surface area (Å²) in [5.74, 6) is 0.366. The Morgan fingerprint density at radius 1 is 1.29 bits per heavy atom. The van der Waals surface area contributed by atoms with Crippen molar-refractivity contribution in [2.24, 2.45) is 0 Å². The first kappa shape index (κ1) is 9.71. The number of rotatable bonds is 1. The van der Waals surface area contributed by atoms with Gasteiger partial charge in [-0.15, -0.1) is 0 Å². The van der Waals surface area contributed by atoms with E-state index in [9.17, 15) is 4.39 Å². The quantitative estimate of drug-likeness (QED) is 0.737. The summed E-state index contributed by atoms with van der Waals surface area (Å²) in [5, 5.41) is 0.925. The maximum absolute atomic E-state index is 13.6. The SMILES string of the molecule is CC(C)(F)c1cc2ccc(Br)cc2o1. The van der Waals surface area contributed by atoms with E-state index >= 15 is 0 Å². The number of halogens is 2. The average Bonchev–Trinajstić information content (AvgIpc) is 2.45.